The van der Waals surface area contributed by atoms with Crippen LogP contribution in [0.3, 0.4) is 0 Å². The van der Waals surface area contributed by atoms with Gasteiger partial charge in [0.2, 0.25) is 0 Å². The molecule has 0 saturated carbocycles. The predicted molar refractivity (Wildman–Crippen MR) is 99.8 cm³/mol. The molecule has 1 saturated heterocycles. The van der Waals surface area contributed by atoms with Crippen molar-refractivity contribution in [1.82, 2.24) is 9.97 Å². The number of rotatable bonds is 5. The van der Waals surface area contributed by atoms with E-state index in [-0.39, 0.29) is 29.2 Å². The van der Waals surface area contributed by atoms with Crippen molar-refractivity contribution >= 4 is 17.3 Å². The molecule has 1 aliphatic rings. The molecule has 0 aliphatic carbocycles. The molecule has 0 bridgehead atoms. The van der Waals surface area contributed by atoms with Gasteiger partial charge in [0, 0.05) is 43.2 Å². The fraction of sp³-hybridized carbons (Fsp3) is 0.474. The average molecular weight is 416 g/mol. The number of aliphatic hydroxyl groups is 1. The number of aromatic nitrogens is 2. The molecular formula is C19H21ClF3N3O2. The molecule has 1 unspecified atom stereocenters. The lowest BCUT2D eigenvalue weighted by molar-refractivity contribution is -0.140. The first-order valence-corrected chi connectivity index (χ1v) is 9.29. The molecule has 1 fully saturated rings. The van der Waals surface area contributed by atoms with E-state index in [4.69, 9.17) is 16.3 Å². The van der Waals surface area contributed by atoms with Crippen molar-refractivity contribution < 1.29 is 23.0 Å². The highest BCUT2D eigenvalue weighted by atomic mass is 35.5. The van der Waals surface area contributed by atoms with Crippen molar-refractivity contribution in [2.75, 3.05) is 31.7 Å². The third-order valence-corrected chi connectivity index (χ3v) is 5.38. The molecule has 1 N–H and O–H groups in total. The maximum absolute atomic E-state index is 13.3. The van der Waals surface area contributed by atoms with Crippen LogP contribution in [0.5, 0.6) is 5.75 Å². The standard InChI is InChI=1S/C19H21ClF3N3O2/c1-28-17-2-5-24-10-14(17)15(11-27)12-3-6-26(7-4-12)16-8-13(20)9-25-18(16)19(21,22)23/h2,5,8-10,12,15,27H,3-4,6-7,11H2,1H3. The Bertz CT molecular complexity index is 811. The van der Waals surface area contributed by atoms with Crippen LogP contribution in [-0.4, -0.2) is 41.9 Å². The minimum absolute atomic E-state index is 0.00189. The summed E-state index contributed by atoms with van der Waals surface area (Å²) in [5.74, 6) is 0.557. The minimum Gasteiger partial charge on any atom is -0.496 e. The molecule has 5 nitrogen and oxygen atoms in total. The fourth-order valence-electron chi connectivity index (χ4n) is 3.79. The smallest absolute Gasteiger partial charge is 0.435 e. The zero-order valence-corrected chi connectivity index (χ0v) is 16.0. The van der Waals surface area contributed by atoms with Gasteiger partial charge >= 0.3 is 6.18 Å². The van der Waals surface area contributed by atoms with E-state index in [1.54, 1.807) is 30.5 Å². The van der Waals surface area contributed by atoms with E-state index in [2.05, 4.69) is 9.97 Å². The van der Waals surface area contributed by atoms with Crippen molar-refractivity contribution in [3.63, 3.8) is 0 Å². The number of alkyl halides is 3. The van der Waals surface area contributed by atoms with Gasteiger partial charge in [-0.15, -0.1) is 0 Å². The van der Waals surface area contributed by atoms with E-state index >= 15 is 0 Å². The van der Waals surface area contributed by atoms with E-state index in [0.717, 1.165) is 11.8 Å². The Labute approximate surface area is 166 Å². The van der Waals surface area contributed by atoms with Gasteiger partial charge < -0.3 is 14.7 Å². The molecule has 3 heterocycles. The van der Waals surface area contributed by atoms with Gasteiger partial charge in [-0.25, -0.2) is 4.98 Å². The number of ether oxygens (including phenoxy) is 1. The normalized spacial score (nSPS) is 16.9. The number of hydrogen-bond acceptors (Lipinski definition) is 5. The first-order chi connectivity index (χ1) is 13.3. The number of piperidine rings is 1. The lowest BCUT2D eigenvalue weighted by Gasteiger charge is -2.37. The van der Waals surface area contributed by atoms with Crippen LogP contribution in [-0.2, 0) is 6.18 Å². The summed E-state index contributed by atoms with van der Waals surface area (Å²) in [6, 6.07) is 3.05. The van der Waals surface area contributed by atoms with Crippen LogP contribution >= 0.6 is 11.6 Å². The van der Waals surface area contributed by atoms with Gasteiger partial charge in [-0.1, -0.05) is 11.6 Å². The molecule has 152 valence electrons. The van der Waals surface area contributed by atoms with Gasteiger partial charge in [0.25, 0.3) is 0 Å². The van der Waals surface area contributed by atoms with Crippen LogP contribution in [0, 0.1) is 5.92 Å². The Morgan fingerprint density at radius 2 is 2.04 bits per heavy atom. The largest absolute Gasteiger partial charge is 0.496 e. The van der Waals surface area contributed by atoms with Crippen LogP contribution in [0.1, 0.15) is 30.0 Å². The molecule has 1 atom stereocenters. The Balaban J connectivity index is 1.78. The van der Waals surface area contributed by atoms with Crippen molar-refractivity contribution in [2.24, 2.45) is 5.92 Å². The zero-order chi connectivity index (χ0) is 20.3. The van der Waals surface area contributed by atoms with Gasteiger partial charge in [0.05, 0.1) is 24.4 Å². The molecule has 2 aromatic heterocycles. The van der Waals surface area contributed by atoms with Gasteiger partial charge in [-0.05, 0) is 30.9 Å². The summed E-state index contributed by atoms with van der Waals surface area (Å²) in [5, 5.41) is 10.1. The average Bonchev–Trinajstić information content (AvgIpc) is 2.68. The van der Waals surface area contributed by atoms with Gasteiger partial charge in [0.15, 0.2) is 5.69 Å². The highest BCUT2D eigenvalue weighted by Crippen LogP contribution is 2.40. The molecule has 9 heteroatoms. The van der Waals surface area contributed by atoms with Crippen LogP contribution in [0.15, 0.2) is 30.7 Å². The number of halogens is 4. The maximum Gasteiger partial charge on any atom is 0.435 e. The molecule has 0 aromatic carbocycles. The Kier molecular flexibility index (Phi) is 6.30. The first kappa shape index (κ1) is 20.7. The monoisotopic (exact) mass is 415 g/mol. The number of methoxy groups -OCH3 is 1. The molecule has 0 spiro atoms. The zero-order valence-electron chi connectivity index (χ0n) is 15.3. The van der Waals surface area contributed by atoms with Gasteiger partial charge in [-0.3, -0.25) is 4.98 Å². The lowest BCUT2D eigenvalue weighted by Crippen LogP contribution is -2.37. The van der Waals surface area contributed by atoms with E-state index in [1.807, 2.05) is 0 Å². The van der Waals surface area contributed by atoms with E-state index in [9.17, 15) is 18.3 Å². The van der Waals surface area contributed by atoms with Crippen molar-refractivity contribution in [3.8, 4) is 5.75 Å². The van der Waals surface area contributed by atoms with Crippen LogP contribution < -0.4 is 9.64 Å². The number of anilines is 1. The number of aliphatic hydroxyl groups excluding tert-OH is 1. The quantitative estimate of drug-likeness (QED) is 0.795. The first-order valence-electron chi connectivity index (χ1n) is 8.91. The van der Waals surface area contributed by atoms with Crippen LogP contribution in [0.25, 0.3) is 0 Å². The molecule has 0 radical (unpaired) electrons. The summed E-state index contributed by atoms with van der Waals surface area (Å²) in [5.41, 5.74) is -0.118. The molecule has 0 amide bonds. The third-order valence-electron chi connectivity index (χ3n) is 5.18. The number of hydrogen-bond donors (Lipinski definition) is 1. The highest BCUT2D eigenvalue weighted by molar-refractivity contribution is 6.30. The summed E-state index contributed by atoms with van der Waals surface area (Å²) >= 11 is 5.89. The fourth-order valence-corrected chi connectivity index (χ4v) is 3.94. The number of pyridine rings is 2. The van der Waals surface area contributed by atoms with Crippen molar-refractivity contribution in [1.29, 1.82) is 0 Å². The van der Waals surface area contributed by atoms with Crippen LogP contribution in [0.4, 0.5) is 18.9 Å². The molecule has 2 aromatic rings. The molecule has 1 aliphatic heterocycles. The molecule has 28 heavy (non-hydrogen) atoms. The van der Waals surface area contributed by atoms with Gasteiger partial charge in [0.1, 0.15) is 5.75 Å². The van der Waals surface area contributed by atoms with Crippen molar-refractivity contribution in [3.05, 3.63) is 47.0 Å². The second-order valence-electron chi connectivity index (χ2n) is 6.75. The van der Waals surface area contributed by atoms with Gasteiger partial charge in [-0.2, -0.15) is 13.2 Å². The number of nitrogens with zero attached hydrogens (tertiary/aromatic N) is 3. The lowest BCUT2D eigenvalue weighted by atomic mass is 9.80. The third kappa shape index (κ3) is 4.33. The van der Waals surface area contributed by atoms with E-state index in [1.165, 1.54) is 6.07 Å². The van der Waals surface area contributed by atoms with E-state index in [0.29, 0.717) is 31.7 Å². The predicted octanol–water partition coefficient (Wildman–Crippen LogP) is 4.15. The Morgan fingerprint density at radius 3 is 2.64 bits per heavy atom. The SMILES string of the molecule is COc1ccncc1C(CO)C1CCN(c2cc(Cl)cnc2C(F)(F)F)CC1. The topological polar surface area (TPSA) is 58.5 Å². The summed E-state index contributed by atoms with van der Waals surface area (Å²) in [6.45, 7) is 0.739. The molecule has 3 rings (SSSR count). The summed E-state index contributed by atoms with van der Waals surface area (Å²) in [6.07, 6.45) is 0.990. The summed E-state index contributed by atoms with van der Waals surface area (Å²) in [7, 11) is 1.56. The minimum atomic E-state index is -4.55. The second-order valence-corrected chi connectivity index (χ2v) is 7.19. The maximum atomic E-state index is 13.3. The van der Waals surface area contributed by atoms with Crippen molar-refractivity contribution in [2.45, 2.75) is 24.9 Å². The summed E-state index contributed by atoms with van der Waals surface area (Å²) < 4.78 is 45.3. The van der Waals surface area contributed by atoms with E-state index < -0.39 is 11.9 Å². The van der Waals surface area contributed by atoms with Crippen LogP contribution in [0.2, 0.25) is 5.02 Å². The molecular weight excluding hydrogens is 395 g/mol. The second kappa shape index (κ2) is 8.53. The Morgan fingerprint density at radius 1 is 1.32 bits per heavy atom. The Hall–Kier alpha value is -2.06. The highest BCUT2D eigenvalue weighted by Gasteiger charge is 2.38. The summed E-state index contributed by atoms with van der Waals surface area (Å²) in [4.78, 5) is 9.28.